The minimum atomic E-state index is -0.360. The molecule has 7 nitrogen and oxygen atoms in total. The third kappa shape index (κ3) is 3.03. The Labute approximate surface area is 150 Å². The van der Waals surface area contributed by atoms with Crippen molar-refractivity contribution in [3.8, 4) is 0 Å². The van der Waals surface area contributed by atoms with E-state index in [2.05, 4.69) is 16.9 Å². The molecule has 0 saturated carbocycles. The molecule has 0 bridgehead atoms. The summed E-state index contributed by atoms with van der Waals surface area (Å²) < 4.78 is 2.97. The van der Waals surface area contributed by atoms with Gasteiger partial charge in [-0.1, -0.05) is 25.5 Å². The highest BCUT2D eigenvalue weighted by Crippen LogP contribution is 2.10. The Bertz CT molecular complexity index is 1110. The molecular formula is C19H21N5O2. The number of amides is 1. The predicted octanol–water partition coefficient (Wildman–Crippen LogP) is 1.84. The maximum Gasteiger partial charge on any atom is 0.267 e. The third-order valence-electron chi connectivity index (χ3n) is 4.19. The van der Waals surface area contributed by atoms with Crippen molar-refractivity contribution in [2.24, 2.45) is 0 Å². The molecule has 7 heteroatoms. The van der Waals surface area contributed by atoms with E-state index in [-0.39, 0.29) is 29.1 Å². The molecule has 3 aromatic heterocycles. The quantitative estimate of drug-likeness (QED) is 0.403. The fourth-order valence-corrected chi connectivity index (χ4v) is 2.84. The maximum absolute atomic E-state index is 12.9. The van der Waals surface area contributed by atoms with E-state index < -0.39 is 0 Å². The molecule has 3 aromatic rings. The second-order valence-electron chi connectivity index (χ2n) is 6.00. The van der Waals surface area contributed by atoms with Crippen molar-refractivity contribution in [3.05, 3.63) is 64.5 Å². The van der Waals surface area contributed by atoms with Crippen LogP contribution in [0.4, 0.5) is 0 Å². The first kappa shape index (κ1) is 17.6. The Morgan fingerprint density at radius 2 is 2.23 bits per heavy atom. The van der Waals surface area contributed by atoms with Crippen molar-refractivity contribution in [1.29, 1.82) is 5.41 Å². The minimum Gasteiger partial charge on any atom is -0.352 e. The minimum absolute atomic E-state index is 0.0126. The molecule has 2 N–H and O–H groups in total. The number of nitrogens with one attached hydrogen (secondary N) is 2. The summed E-state index contributed by atoms with van der Waals surface area (Å²) in [5, 5.41) is 11.5. The number of carbonyl (C=O) groups excluding carboxylic acids is 1. The van der Waals surface area contributed by atoms with Gasteiger partial charge in [-0.25, -0.2) is 4.98 Å². The van der Waals surface area contributed by atoms with Gasteiger partial charge in [0.1, 0.15) is 16.8 Å². The van der Waals surface area contributed by atoms with Gasteiger partial charge < -0.3 is 9.88 Å². The number of hydrogen-bond acceptors (Lipinski definition) is 4. The van der Waals surface area contributed by atoms with E-state index in [4.69, 9.17) is 5.41 Å². The van der Waals surface area contributed by atoms with Crippen molar-refractivity contribution in [3.63, 3.8) is 0 Å². The summed E-state index contributed by atoms with van der Waals surface area (Å²) in [5.74, 6) is -0.360. The Morgan fingerprint density at radius 3 is 2.96 bits per heavy atom. The highest BCUT2D eigenvalue weighted by Gasteiger charge is 2.16. The molecule has 0 aliphatic heterocycles. The number of nitrogens with zero attached hydrogens (tertiary/aromatic N) is 3. The van der Waals surface area contributed by atoms with Gasteiger partial charge in [-0.15, -0.1) is 6.58 Å². The molecule has 1 amide bonds. The number of pyridine rings is 2. The van der Waals surface area contributed by atoms with Crippen LogP contribution in [0.5, 0.6) is 0 Å². The molecule has 0 radical (unpaired) electrons. The van der Waals surface area contributed by atoms with Crippen LogP contribution in [-0.2, 0) is 6.54 Å². The number of allylic oxidation sites excluding steroid dienone is 1. The van der Waals surface area contributed by atoms with Crippen LogP contribution >= 0.6 is 0 Å². The molecule has 0 fully saturated rings. The van der Waals surface area contributed by atoms with Crippen molar-refractivity contribution < 1.29 is 4.79 Å². The van der Waals surface area contributed by atoms with E-state index in [0.29, 0.717) is 23.2 Å². The third-order valence-corrected chi connectivity index (χ3v) is 4.19. The molecule has 0 unspecified atom stereocenters. The second-order valence-corrected chi connectivity index (χ2v) is 6.00. The largest absolute Gasteiger partial charge is 0.352 e. The monoisotopic (exact) mass is 351 g/mol. The standard InChI is InChI=1S/C19H21N5O2/c1-3-5-9-21-18(25)13-12-14-17(24(10-4-2)16(13)20)22-15-8-6-7-11-23(15)19(14)26/h4,6-8,11-12,20H,2-3,5,9-10H2,1H3,(H,21,25). The Hall–Kier alpha value is -3.22. The highest BCUT2D eigenvalue weighted by molar-refractivity contribution is 5.96. The Kier molecular flexibility index (Phi) is 4.97. The summed E-state index contributed by atoms with van der Waals surface area (Å²) in [6.45, 7) is 6.55. The van der Waals surface area contributed by atoms with Crippen molar-refractivity contribution in [2.75, 3.05) is 6.54 Å². The lowest BCUT2D eigenvalue weighted by atomic mass is 10.2. The first-order valence-electron chi connectivity index (χ1n) is 8.57. The zero-order valence-electron chi connectivity index (χ0n) is 14.7. The van der Waals surface area contributed by atoms with Gasteiger partial charge in [0.15, 0.2) is 0 Å². The van der Waals surface area contributed by atoms with Crippen LogP contribution in [0.1, 0.15) is 30.1 Å². The van der Waals surface area contributed by atoms with Crippen LogP contribution in [-0.4, -0.2) is 26.4 Å². The molecule has 0 saturated heterocycles. The molecule has 26 heavy (non-hydrogen) atoms. The number of fused-ring (bicyclic) bond motifs is 2. The average Bonchev–Trinajstić information content (AvgIpc) is 2.64. The molecule has 3 rings (SSSR count). The van der Waals surface area contributed by atoms with Crippen LogP contribution in [0.2, 0.25) is 0 Å². The summed E-state index contributed by atoms with van der Waals surface area (Å²) in [5.41, 5.74) is 0.758. The molecule has 0 aliphatic rings. The smallest absolute Gasteiger partial charge is 0.267 e. The van der Waals surface area contributed by atoms with Crippen molar-refractivity contribution >= 4 is 22.6 Å². The highest BCUT2D eigenvalue weighted by atomic mass is 16.1. The van der Waals surface area contributed by atoms with E-state index in [1.54, 1.807) is 30.5 Å². The van der Waals surface area contributed by atoms with Crippen LogP contribution < -0.4 is 16.4 Å². The summed E-state index contributed by atoms with van der Waals surface area (Å²) in [4.78, 5) is 29.9. The van der Waals surface area contributed by atoms with Crippen LogP contribution in [0, 0.1) is 5.41 Å². The number of carbonyl (C=O) groups is 1. The fraction of sp³-hybridized carbons (Fsp3) is 0.263. The van der Waals surface area contributed by atoms with E-state index >= 15 is 0 Å². The average molecular weight is 351 g/mol. The molecule has 134 valence electrons. The molecule has 0 aromatic carbocycles. The summed E-state index contributed by atoms with van der Waals surface area (Å²) in [7, 11) is 0. The molecule has 0 atom stereocenters. The number of unbranched alkanes of at least 4 members (excludes halogenated alkanes) is 1. The fourth-order valence-electron chi connectivity index (χ4n) is 2.84. The van der Waals surface area contributed by atoms with E-state index in [0.717, 1.165) is 12.8 Å². The number of rotatable bonds is 6. The number of hydrogen-bond donors (Lipinski definition) is 2. The molecule has 0 aliphatic carbocycles. The second kappa shape index (κ2) is 7.35. The predicted molar refractivity (Wildman–Crippen MR) is 100 cm³/mol. The van der Waals surface area contributed by atoms with Gasteiger partial charge in [0, 0.05) is 19.3 Å². The lowest BCUT2D eigenvalue weighted by molar-refractivity contribution is 0.0951. The van der Waals surface area contributed by atoms with Gasteiger partial charge in [-0.05, 0) is 24.6 Å². The van der Waals surface area contributed by atoms with Gasteiger partial charge in [0.05, 0.1) is 10.9 Å². The first-order chi connectivity index (χ1) is 12.6. The molecule has 0 spiro atoms. The van der Waals surface area contributed by atoms with Gasteiger partial charge in [-0.3, -0.25) is 19.4 Å². The Morgan fingerprint density at radius 1 is 1.42 bits per heavy atom. The summed E-state index contributed by atoms with van der Waals surface area (Å²) in [6.07, 6.45) is 5.07. The van der Waals surface area contributed by atoms with Crippen LogP contribution in [0.15, 0.2) is 47.9 Å². The SMILES string of the molecule is C=CCn1c(=N)c(C(=O)NCCCC)cc2c(=O)n3ccccc3nc21. The van der Waals surface area contributed by atoms with Crippen molar-refractivity contribution in [2.45, 2.75) is 26.3 Å². The zero-order valence-corrected chi connectivity index (χ0v) is 14.7. The normalized spacial score (nSPS) is 11.0. The van der Waals surface area contributed by atoms with Crippen LogP contribution in [0.25, 0.3) is 16.7 Å². The zero-order chi connectivity index (χ0) is 18.7. The van der Waals surface area contributed by atoms with E-state index in [1.807, 2.05) is 6.92 Å². The van der Waals surface area contributed by atoms with Crippen LogP contribution in [0.3, 0.4) is 0 Å². The van der Waals surface area contributed by atoms with Crippen molar-refractivity contribution in [1.82, 2.24) is 19.3 Å². The topological polar surface area (TPSA) is 92.2 Å². The van der Waals surface area contributed by atoms with Gasteiger partial charge in [0.2, 0.25) is 0 Å². The first-order valence-corrected chi connectivity index (χ1v) is 8.57. The van der Waals surface area contributed by atoms with Gasteiger partial charge >= 0.3 is 0 Å². The van der Waals surface area contributed by atoms with Gasteiger partial charge in [0.25, 0.3) is 11.5 Å². The van der Waals surface area contributed by atoms with Gasteiger partial charge in [-0.2, -0.15) is 0 Å². The summed E-state index contributed by atoms with van der Waals surface area (Å²) in [6, 6.07) is 6.74. The molecule has 3 heterocycles. The lowest BCUT2D eigenvalue weighted by Gasteiger charge is -2.13. The lowest BCUT2D eigenvalue weighted by Crippen LogP contribution is -2.35. The van der Waals surface area contributed by atoms with E-state index in [9.17, 15) is 9.59 Å². The summed E-state index contributed by atoms with van der Waals surface area (Å²) >= 11 is 0. The van der Waals surface area contributed by atoms with E-state index in [1.165, 1.54) is 15.0 Å². The molecular weight excluding hydrogens is 330 g/mol. The maximum atomic E-state index is 12.9. The Balaban J connectivity index is 2.29. The number of aromatic nitrogens is 3.